The number of aliphatic hydroxyl groups is 1. The average Bonchev–Trinajstić information content (AvgIpc) is 1.86. The van der Waals surface area contributed by atoms with E-state index in [2.05, 4.69) is 11.5 Å². The zero-order valence-corrected chi connectivity index (χ0v) is 3.23. The van der Waals surface area contributed by atoms with Crippen LogP contribution in [0.2, 0.25) is 0 Å². The monoisotopic (exact) mass is 80.0 g/mol. The molecule has 0 amide bonds. The van der Waals surface area contributed by atoms with Crippen molar-refractivity contribution in [2.75, 3.05) is 0 Å². The topological polar surface area (TPSA) is 20.2 Å². The Morgan fingerprint density at radius 2 is 2.67 bits per heavy atom. The van der Waals surface area contributed by atoms with Crippen LogP contribution in [0.1, 0.15) is 6.42 Å². The summed E-state index contributed by atoms with van der Waals surface area (Å²) in [5, 5.41) is 8.44. The molecule has 30 valence electrons. The number of hydrogen-bond donors (Lipinski definition) is 1. The van der Waals surface area contributed by atoms with E-state index in [1.165, 1.54) is 0 Å². The highest BCUT2D eigenvalue weighted by atomic mass is 16.3. The van der Waals surface area contributed by atoms with Crippen LogP contribution in [0, 0.1) is 0 Å². The van der Waals surface area contributed by atoms with Crippen molar-refractivity contribution in [3.05, 3.63) is 23.3 Å². The fraction of sp³-hybridized carbons (Fsp3) is 0.200. The molecule has 0 aromatic rings. The van der Waals surface area contributed by atoms with Gasteiger partial charge < -0.3 is 5.11 Å². The summed E-state index contributed by atoms with van der Waals surface area (Å²) < 4.78 is 0. The van der Waals surface area contributed by atoms with E-state index in [-0.39, 0.29) is 5.76 Å². The molecule has 0 atom stereocenters. The molecule has 1 rings (SSSR count). The Balaban J connectivity index is 3.07. The molecule has 0 aromatic carbocycles. The van der Waals surface area contributed by atoms with Crippen molar-refractivity contribution in [2.45, 2.75) is 6.42 Å². The molecule has 0 heterocycles. The lowest BCUT2D eigenvalue weighted by Crippen LogP contribution is -1.65. The Morgan fingerprint density at radius 1 is 1.83 bits per heavy atom. The fourth-order valence-electron chi connectivity index (χ4n) is 0.333. The van der Waals surface area contributed by atoms with Crippen LogP contribution in [-0.4, -0.2) is 5.11 Å². The molecule has 1 aliphatic rings. The first kappa shape index (κ1) is 3.30. The average molecular weight is 80.1 g/mol. The van der Waals surface area contributed by atoms with Crippen molar-refractivity contribution in [1.82, 2.24) is 0 Å². The molecular weight excluding hydrogens is 76.1 g/mol. The van der Waals surface area contributed by atoms with Crippen molar-refractivity contribution in [1.29, 1.82) is 0 Å². The SMILES string of the molecule is OC1=C=C=CC1. The highest BCUT2D eigenvalue weighted by Gasteiger charge is 1.86. The van der Waals surface area contributed by atoms with Crippen LogP contribution in [0.3, 0.4) is 0 Å². The van der Waals surface area contributed by atoms with Gasteiger partial charge in [0.2, 0.25) is 0 Å². The maximum atomic E-state index is 8.44. The molecule has 0 aliphatic heterocycles. The van der Waals surface area contributed by atoms with Crippen LogP contribution in [-0.2, 0) is 0 Å². The van der Waals surface area contributed by atoms with E-state index in [4.69, 9.17) is 5.11 Å². The first-order valence-corrected chi connectivity index (χ1v) is 1.77. The van der Waals surface area contributed by atoms with Gasteiger partial charge in [0.25, 0.3) is 0 Å². The van der Waals surface area contributed by atoms with Crippen molar-refractivity contribution in [2.24, 2.45) is 0 Å². The number of aliphatic hydroxyl groups excluding tert-OH is 1. The molecule has 0 bridgehead atoms. The van der Waals surface area contributed by atoms with Crippen LogP contribution in [0.25, 0.3) is 0 Å². The fourth-order valence-corrected chi connectivity index (χ4v) is 0.333. The summed E-state index contributed by atoms with van der Waals surface area (Å²) in [5.41, 5.74) is 5.10. The third-order valence-corrected chi connectivity index (χ3v) is 0.614. The number of allylic oxidation sites excluding steroid dienone is 1. The van der Waals surface area contributed by atoms with Gasteiger partial charge in [-0.25, -0.2) is 0 Å². The third kappa shape index (κ3) is 0.367. The van der Waals surface area contributed by atoms with E-state index in [1.54, 1.807) is 6.08 Å². The summed E-state index contributed by atoms with van der Waals surface area (Å²) in [5.74, 6) is 0.287. The minimum atomic E-state index is 0.287. The minimum Gasteiger partial charge on any atom is -0.504 e. The van der Waals surface area contributed by atoms with Crippen molar-refractivity contribution < 1.29 is 5.11 Å². The van der Waals surface area contributed by atoms with Crippen LogP contribution >= 0.6 is 0 Å². The molecular formula is C5H4O. The second-order valence-electron chi connectivity index (χ2n) is 1.12. The lowest BCUT2D eigenvalue weighted by Gasteiger charge is -1.76. The van der Waals surface area contributed by atoms with E-state index < -0.39 is 0 Å². The Morgan fingerprint density at radius 3 is 2.83 bits per heavy atom. The predicted molar refractivity (Wildman–Crippen MR) is 22.4 cm³/mol. The van der Waals surface area contributed by atoms with Crippen LogP contribution in [0.4, 0.5) is 0 Å². The molecule has 0 aromatic heterocycles. The molecule has 0 fully saturated rings. The summed E-state index contributed by atoms with van der Waals surface area (Å²) in [4.78, 5) is 0. The van der Waals surface area contributed by atoms with Gasteiger partial charge in [-0.15, -0.1) is 0 Å². The molecule has 0 unspecified atom stereocenters. The van der Waals surface area contributed by atoms with E-state index in [9.17, 15) is 0 Å². The summed E-state index contributed by atoms with van der Waals surface area (Å²) in [6.45, 7) is 0. The zero-order chi connectivity index (χ0) is 4.41. The van der Waals surface area contributed by atoms with Crippen LogP contribution in [0.15, 0.2) is 23.3 Å². The van der Waals surface area contributed by atoms with E-state index >= 15 is 0 Å². The highest BCUT2D eigenvalue weighted by Crippen LogP contribution is 1.97. The molecule has 1 heteroatoms. The minimum absolute atomic E-state index is 0.287. The van der Waals surface area contributed by atoms with E-state index in [0.717, 1.165) is 0 Å². The maximum Gasteiger partial charge on any atom is 0.147 e. The normalized spacial score (nSPS) is 15.7. The summed E-state index contributed by atoms with van der Waals surface area (Å²) in [6, 6.07) is 0. The lowest BCUT2D eigenvalue weighted by atomic mass is 10.4. The van der Waals surface area contributed by atoms with Crippen LogP contribution < -0.4 is 0 Å². The second kappa shape index (κ2) is 1.06. The Labute approximate surface area is 35.9 Å². The summed E-state index contributed by atoms with van der Waals surface area (Å²) >= 11 is 0. The smallest absolute Gasteiger partial charge is 0.147 e. The predicted octanol–water partition coefficient (Wildman–Crippen LogP) is 1.14. The van der Waals surface area contributed by atoms with Gasteiger partial charge >= 0.3 is 0 Å². The van der Waals surface area contributed by atoms with E-state index in [1.807, 2.05) is 0 Å². The van der Waals surface area contributed by atoms with E-state index in [0.29, 0.717) is 6.42 Å². The van der Waals surface area contributed by atoms with Crippen LogP contribution in [0.5, 0.6) is 0 Å². The van der Waals surface area contributed by atoms with Crippen molar-refractivity contribution in [3.63, 3.8) is 0 Å². The second-order valence-corrected chi connectivity index (χ2v) is 1.12. The molecule has 1 aliphatic carbocycles. The van der Waals surface area contributed by atoms with Gasteiger partial charge in [-0.2, -0.15) is 0 Å². The first-order valence-electron chi connectivity index (χ1n) is 1.77. The van der Waals surface area contributed by atoms with Crippen molar-refractivity contribution in [3.8, 4) is 0 Å². The molecule has 6 heavy (non-hydrogen) atoms. The maximum absolute atomic E-state index is 8.44. The lowest BCUT2D eigenvalue weighted by molar-refractivity contribution is 0.405. The molecule has 1 N–H and O–H groups in total. The largest absolute Gasteiger partial charge is 0.504 e. The molecule has 0 spiro atoms. The molecule has 0 radical (unpaired) electrons. The Hall–Kier alpha value is -0.900. The summed E-state index contributed by atoms with van der Waals surface area (Å²) in [6.07, 6.45) is 2.34. The van der Waals surface area contributed by atoms with Gasteiger partial charge in [0, 0.05) is 6.42 Å². The van der Waals surface area contributed by atoms with Gasteiger partial charge in [-0.3, -0.25) is 0 Å². The van der Waals surface area contributed by atoms with Crippen molar-refractivity contribution >= 4 is 0 Å². The number of rotatable bonds is 0. The van der Waals surface area contributed by atoms with Gasteiger partial charge in [-0.05, 0) is 11.8 Å². The Bertz CT molecular complexity index is 143. The summed E-state index contributed by atoms with van der Waals surface area (Å²) in [7, 11) is 0. The van der Waals surface area contributed by atoms with Gasteiger partial charge in [0.1, 0.15) is 5.76 Å². The van der Waals surface area contributed by atoms with Gasteiger partial charge in [0.15, 0.2) is 0 Å². The van der Waals surface area contributed by atoms with Gasteiger partial charge in [-0.1, -0.05) is 5.73 Å². The molecule has 0 saturated carbocycles. The van der Waals surface area contributed by atoms with Gasteiger partial charge in [0.05, 0.1) is 0 Å². The highest BCUT2D eigenvalue weighted by molar-refractivity contribution is 5.04. The zero-order valence-electron chi connectivity index (χ0n) is 3.23. The number of hydrogen-bond acceptors (Lipinski definition) is 1. The first-order chi connectivity index (χ1) is 2.89. The standard InChI is InChI=1S/C5H4O/c6-5-3-1-2-4-5/h1,6H,3H2. The Kier molecular flexibility index (Phi) is 0.582. The quantitative estimate of drug-likeness (QED) is 0.432. The molecule has 1 nitrogen and oxygen atoms in total. The molecule has 0 saturated heterocycles. The third-order valence-electron chi connectivity index (χ3n) is 0.614.